The number of aromatic nitrogens is 2. The van der Waals surface area contributed by atoms with Crippen LogP contribution >= 0.6 is 0 Å². The molecule has 1 heterocycles. The van der Waals surface area contributed by atoms with E-state index in [1.807, 2.05) is 24.5 Å². The van der Waals surface area contributed by atoms with E-state index < -0.39 is 21.3 Å². The second-order valence-electron chi connectivity index (χ2n) is 5.96. The van der Waals surface area contributed by atoms with Gasteiger partial charge in [-0.05, 0) is 32.9 Å². The minimum Gasteiger partial charge on any atom is -0.748 e. The summed E-state index contributed by atoms with van der Waals surface area (Å²) in [5.41, 5.74) is 2.21. The Balaban J connectivity index is 2.48. The van der Waals surface area contributed by atoms with E-state index in [2.05, 4.69) is 4.57 Å². The van der Waals surface area contributed by atoms with Crippen molar-refractivity contribution in [1.29, 1.82) is 0 Å². The molecule has 0 spiro atoms. The first-order valence-corrected chi connectivity index (χ1v) is 9.82. The van der Waals surface area contributed by atoms with Gasteiger partial charge in [-0.2, -0.15) is 0 Å². The number of carbonyl (C=O) groups excluding carboxylic acids is 1. The molecule has 7 nitrogen and oxygen atoms in total. The largest absolute Gasteiger partial charge is 0.748 e. The van der Waals surface area contributed by atoms with Crippen molar-refractivity contribution in [1.82, 2.24) is 4.57 Å². The fourth-order valence-electron chi connectivity index (χ4n) is 2.94. The Labute approximate surface area is 148 Å². The van der Waals surface area contributed by atoms with Crippen LogP contribution < -0.4 is 4.57 Å². The number of carbonyl (C=O) groups is 1. The first-order chi connectivity index (χ1) is 11.7. The van der Waals surface area contributed by atoms with Gasteiger partial charge in [-0.25, -0.2) is 22.3 Å². The van der Waals surface area contributed by atoms with Crippen molar-refractivity contribution < 1.29 is 27.1 Å². The fraction of sp³-hybridized carbons (Fsp3) is 0.529. The van der Waals surface area contributed by atoms with Gasteiger partial charge in [0.1, 0.15) is 0 Å². The lowest BCUT2D eigenvalue weighted by molar-refractivity contribution is -0.675. The Morgan fingerprint density at radius 1 is 1.36 bits per heavy atom. The normalized spacial score (nSPS) is 13.2. The SMILES string of the molecule is CCOC(=O)c1ccc2c(c1)n(CC[C@@H](C)S(=O)(=O)[O-])c(C)[n+]2CC. The molecule has 0 saturated heterocycles. The molecule has 25 heavy (non-hydrogen) atoms. The zero-order valence-electron chi connectivity index (χ0n) is 15.0. The van der Waals surface area contributed by atoms with Gasteiger partial charge >= 0.3 is 5.97 Å². The first kappa shape index (κ1) is 19.4. The van der Waals surface area contributed by atoms with E-state index in [1.54, 1.807) is 19.1 Å². The third-order valence-electron chi connectivity index (χ3n) is 4.42. The summed E-state index contributed by atoms with van der Waals surface area (Å²) in [7, 11) is -4.31. The Hall–Kier alpha value is -1.93. The number of fused-ring (bicyclic) bond motifs is 1. The number of esters is 1. The molecule has 0 radical (unpaired) electrons. The number of aryl methyl sites for hydroxylation is 2. The van der Waals surface area contributed by atoms with Crippen molar-refractivity contribution >= 4 is 27.1 Å². The standard InChI is InChI=1S/C17H24N2O5S/c1-5-18-13(4)19(10-9-12(3)25(21,22)23)16-11-14(7-8-15(16)18)17(20)24-6-2/h7-8,11-12H,5-6,9-10H2,1-4H3/t12-/m1/s1. The molecule has 0 amide bonds. The van der Waals surface area contributed by atoms with Crippen molar-refractivity contribution in [2.45, 2.75) is 52.5 Å². The van der Waals surface area contributed by atoms with Crippen molar-refractivity contribution in [3.05, 3.63) is 29.6 Å². The Morgan fingerprint density at radius 2 is 2.04 bits per heavy atom. The second-order valence-corrected chi connectivity index (χ2v) is 7.75. The van der Waals surface area contributed by atoms with E-state index in [9.17, 15) is 17.8 Å². The summed E-state index contributed by atoms with van der Waals surface area (Å²) in [4.78, 5) is 12.0. The van der Waals surface area contributed by atoms with E-state index in [1.165, 1.54) is 6.92 Å². The van der Waals surface area contributed by atoms with E-state index in [-0.39, 0.29) is 6.42 Å². The number of nitrogens with zero attached hydrogens (tertiary/aromatic N) is 2. The summed E-state index contributed by atoms with van der Waals surface area (Å²) in [5, 5.41) is -0.965. The topological polar surface area (TPSA) is 92.3 Å². The number of benzene rings is 1. The fourth-order valence-corrected chi connectivity index (χ4v) is 3.33. The van der Waals surface area contributed by atoms with E-state index >= 15 is 0 Å². The monoisotopic (exact) mass is 368 g/mol. The minimum atomic E-state index is -4.31. The van der Waals surface area contributed by atoms with Gasteiger partial charge in [0.25, 0.3) is 5.82 Å². The summed E-state index contributed by atoms with van der Waals surface area (Å²) in [6, 6.07) is 5.34. The molecule has 0 fully saturated rings. The van der Waals surface area contributed by atoms with Gasteiger partial charge in [0.2, 0.25) is 0 Å². The molecule has 1 aromatic heterocycles. The van der Waals surface area contributed by atoms with Crippen LogP contribution in [0.2, 0.25) is 0 Å². The number of rotatable bonds is 7. The molecule has 0 aliphatic rings. The number of imidazole rings is 1. The average molecular weight is 368 g/mol. The minimum absolute atomic E-state index is 0.212. The molecule has 0 bridgehead atoms. The van der Waals surface area contributed by atoms with E-state index in [4.69, 9.17) is 4.74 Å². The average Bonchev–Trinajstić information content (AvgIpc) is 2.82. The molecule has 0 aliphatic carbocycles. The molecule has 0 aliphatic heterocycles. The van der Waals surface area contributed by atoms with Crippen LogP contribution in [0.5, 0.6) is 0 Å². The maximum Gasteiger partial charge on any atom is 0.338 e. The molecule has 1 aromatic carbocycles. The van der Waals surface area contributed by atoms with Gasteiger partial charge in [-0.1, -0.05) is 0 Å². The first-order valence-electron chi connectivity index (χ1n) is 8.35. The zero-order chi connectivity index (χ0) is 18.8. The smallest absolute Gasteiger partial charge is 0.338 e. The van der Waals surface area contributed by atoms with Crippen molar-refractivity contribution in [3.63, 3.8) is 0 Å². The van der Waals surface area contributed by atoms with Crippen molar-refractivity contribution in [2.24, 2.45) is 0 Å². The third-order valence-corrected chi connectivity index (χ3v) is 5.64. The van der Waals surface area contributed by atoms with Crippen LogP contribution in [-0.4, -0.2) is 35.4 Å². The van der Waals surface area contributed by atoms with Gasteiger partial charge in [0, 0.05) is 19.4 Å². The molecule has 1 atom stereocenters. The Bertz CT molecular complexity index is 886. The van der Waals surface area contributed by atoms with Crippen LogP contribution in [0.4, 0.5) is 0 Å². The lowest BCUT2D eigenvalue weighted by atomic mass is 10.2. The van der Waals surface area contributed by atoms with Gasteiger partial charge in [0.05, 0.1) is 40.6 Å². The molecular weight excluding hydrogens is 344 g/mol. The number of ether oxygens (including phenoxy) is 1. The van der Waals surface area contributed by atoms with Crippen LogP contribution in [-0.2, 0) is 27.9 Å². The van der Waals surface area contributed by atoms with Gasteiger partial charge in [0.15, 0.2) is 11.0 Å². The summed E-state index contributed by atoms with van der Waals surface area (Å²) in [6.07, 6.45) is 0.212. The highest BCUT2D eigenvalue weighted by atomic mass is 32.2. The lowest BCUT2D eigenvalue weighted by Gasteiger charge is -2.14. The molecule has 0 N–H and O–H groups in total. The van der Waals surface area contributed by atoms with Gasteiger partial charge in [-0.15, -0.1) is 0 Å². The third kappa shape index (κ3) is 4.01. The molecule has 2 aromatic rings. The highest BCUT2D eigenvalue weighted by molar-refractivity contribution is 7.86. The molecule has 2 rings (SSSR count). The molecule has 138 valence electrons. The lowest BCUT2D eigenvalue weighted by Crippen LogP contribution is -2.35. The maximum atomic E-state index is 12.0. The van der Waals surface area contributed by atoms with Crippen LogP contribution in [0.1, 0.15) is 43.4 Å². The highest BCUT2D eigenvalue weighted by Gasteiger charge is 2.23. The zero-order valence-corrected chi connectivity index (χ0v) is 15.8. The molecule has 8 heteroatoms. The van der Waals surface area contributed by atoms with Crippen LogP contribution in [0.25, 0.3) is 11.0 Å². The van der Waals surface area contributed by atoms with Crippen molar-refractivity contribution in [2.75, 3.05) is 6.61 Å². The number of hydrogen-bond donors (Lipinski definition) is 0. The predicted molar refractivity (Wildman–Crippen MR) is 92.3 cm³/mol. The quantitative estimate of drug-likeness (QED) is 0.422. The summed E-state index contributed by atoms with van der Waals surface area (Å²) < 4.78 is 42.5. The Kier molecular flexibility index (Phi) is 5.84. The maximum absolute atomic E-state index is 12.0. The van der Waals surface area contributed by atoms with Crippen molar-refractivity contribution in [3.8, 4) is 0 Å². The second kappa shape index (κ2) is 7.53. The number of hydrogen-bond acceptors (Lipinski definition) is 5. The van der Waals surface area contributed by atoms with Gasteiger partial charge in [-0.3, -0.25) is 0 Å². The summed E-state index contributed by atoms with van der Waals surface area (Å²) in [6.45, 7) is 8.53. The predicted octanol–water partition coefficient (Wildman–Crippen LogP) is 1.76. The molecule has 0 unspecified atom stereocenters. The van der Waals surface area contributed by atoms with Crippen LogP contribution in [0.15, 0.2) is 18.2 Å². The highest BCUT2D eigenvalue weighted by Crippen LogP contribution is 2.19. The molecule has 0 saturated carbocycles. The Morgan fingerprint density at radius 3 is 2.60 bits per heavy atom. The van der Waals surface area contributed by atoms with Crippen LogP contribution in [0.3, 0.4) is 0 Å². The van der Waals surface area contributed by atoms with E-state index in [0.717, 1.165) is 23.4 Å². The summed E-state index contributed by atoms with van der Waals surface area (Å²) in [5.74, 6) is 0.544. The van der Waals surface area contributed by atoms with Crippen LogP contribution in [0, 0.1) is 6.92 Å². The molecular formula is C17H24N2O5S. The summed E-state index contributed by atoms with van der Waals surface area (Å²) >= 11 is 0. The van der Waals surface area contributed by atoms with E-state index in [0.29, 0.717) is 18.7 Å². The van der Waals surface area contributed by atoms with Gasteiger partial charge < -0.3 is 9.29 Å².